The number of hydrogen-bond acceptors (Lipinski definition) is 2. The summed E-state index contributed by atoms with van der Waals surface area (Å²) < 4.78 is 36.8. The van der Waals surface area contributed by atoms with Crippen molar-refractivity contribution in [2.75, 3.05) is 0 Å². The Morgan fingerprint density at radius 1 is 1.36 bits per heavy atom. The van der Waals surface area contributed by atoms with E-state index >= 15 is 0 Å². The Morgan fingerprint density at radius 3 is 2.29 bits per heavy atom. The van der Waals surface area contributed by atoms with Crippen LogP contribution in [0.25, 0.3) is 0 Å². The number of phenols is 1. The van der Waals surface area contributed by atoms with Gasteiger partial charge in [-0.05, 0) is 12.1 Å². The molecular weight excluding hydrogens is 263 g/mol. The molecule has 0 radical (unpaired) electrons. The third-order valence-electron chi connectivity index (χ3n) is 1.70. The van der Waals surface area contributed by atoms with Crippen LogP contribution in [0.15, 0.2) is 16.6 Å². The summed E-state index contributed by atoms with van der Waals surface area (Å²) in [6.45, 7) is -0.0233. The normalized spacial score (nSPS) is 11.8. The first-order valence-electron chi connectivity index (χ1n) is 3.65. The molecule has 1 aromatic carbocycles. The Balaban J connectivity index is 3.28. The van der Waals surface area contributed by atoms with Crippen molar-refractivity contribution in [2.24, 2.45) is 5.73 Å². The zero-order valence-electron chi connectivity index (χ0n) is 6.90. The lowest BCUT2D eigenvalue weighted by molar-refractivity contribution is -0.137. The largest absolute Gasteiger partial charge is 0.508 e. The molecule has 14 heavy (non-hydrogen) atoms. The maximum absolute atomic E-state index is 12.2. The number of phenolic OH excluding ortho intramolecular Hbond substituents is 1. The fourth-order valence-corrected chi connectivity index (χ4v) is 1.60. The van der Waals surface area contributed by atoms with E-state index in [9.17, 15) is 18.3 Å². The second-order valence-electron chi connectivity index (χ2n) is 2.66. The van der Waals surface area contributed by atoms with E-state index in [-0.39, 0.29) is 16.6 Å². The molecule has 0 aliphatic carbocycles. The molecule has 0 spiro atoms. The van der Waals surface area contributed by atoms with Crippen molar-refractivity contribution in [1.82, 2.24) is 0 Å². The summed E-state index contributed by atoms with van der Waals surface area (Å²) in [6.07, 6.45) is -4.47. The summed E-state index contributed by atoms with van der Waals surface area (Å²) in [7, 11) is 0. The highest BCUT2D eigenvalue weighted by atomic mass is 79.9. The van der Waals surface area contributed by atoms with Gasteiger partial charge in [-0.1, -0.05) is 15.9 Å². The molecule has 0 saturated carbocycles. The zero-order chi connectivity index (χ0) is 10.9. The van der Waals surface area contributed by atoms with Crippen LogP contribution in [0, 0.1) is 0 Å². The maximum atomic E-state index is 12.2. The average Bonchev–Trinajstić information content (AvgIpc) is 2.01. The Hall–Kier alpha value is -0.750. The van der Waals surface area contributed by atoms with Gasteiger partial charge in [-0.3, -0.25) is 0 Å². The summed E-state index contributed by atoms with van der Waals surface area (Å²) in [5.74, 6) is -0.450. The van der Waals surface area contributed by atoms with Gasteiger partial charge in [0, 0.05) is 16.6 Å². The standard InChI is InChI=1S/C8H7BrF3NO/c9-6-1-4(8(10,11)12)2-7(14)5(6)3-13/h1-2,14H,3,13H2. The van der Waals surface area contributed by atoms with Crippen LogP contribution in [0.2, 0.25) is 0 Å². The average molecular weight is 270 g/mol. The van der Waals surface area contributed by atoms with Gasteiger partial charge in [-0.15, -0.1) is 0 Å². The molecule has 0 fully saturated rings. The molecule has 1 rings (SSSR count). The molecule has 0 atom stereocenters. The van der Waals surface area contributed by atoms with E-state index in [1.54, 1.807) is 0 Å². The van der Waals surface area contributed by atoms with Gasteiger partial charge in [-0.2, -0.15) is 13.2 Å². The van der Waals surface area contributed by atoms with Crippen molar-refractivity contribution in [2.45, 2.75) is 12.7 Å². The first kappa shape index (κ1) is 11.3. The highest BCUT2D eigenvalue weighted by Gasteiger charge is 2.31. The van der Waals surface area contributed by atoms with E-state index in [4.69, 9.17) is 5.73 Å². The monoisotopic (exact) mass is 269 g/mol. The van der Waals surface area contributed by atoms with Gasteiger partial charge in [0.05, 0.1) is 5.56 Å². The Morgan fingerprint density at radius 2 is 1.93 bits per heavy atom. The number of benzene rings is 1. The van der Waals surface area contributed by atoms with Gasteiger partial charge in [0.2, 0.25) is 0 Å². The number of halogens is 4. The minimum Gasteiger partial charge on any atom is -0.508 e. The molecular formula is C8H7BrF3NO. The zero-order valence-corrected chi connectivity index (χ0v) is 8.48. The SMILES string of the molecule is NCc1c(O)cc(C(F)(F)F)cc1Br. The van der Waals surface area contributed by atoms with Crippen LogP contribution in [0.5, 0.6) is 5.75 Å². The third-order valence-corrected chi connectivity index (χ3v) is 2.41. The van der Waals surface area contributed by atoms with Gasteiger partial charge in [0.15, 0.2) is 0 Å². The van der Waals surface area contributed by atoms with E-state index in [2.05, 4.69) is 15.9 Å². The first-order valence-corrected chi connectivity index (χ1v) is 4.44. The van der Waals surface area contributed by atoms with Crippen molar-refractivity contribution in [3.63, 3.8) is 0 Å². The molecule has 0 aliphatic heterocycles. The minimum absolute atomic E-state index is 0.0233. The summed E-state index contributed by atoms with van der Waals surface area (Å²) in [5, 5.41) is 9.23. The molecule has 0 heterocycles. The van der Waals surface area contributed by atoms with E-state index in [1.807, 2.05) is 0 Å². The smallest absolute Gasteiger partial charge is 0.416 e. The van der Waals surface area contributed by atoms with Gasteiger partial charge in [0.25, 0.3) is 0 Å². The van der Waals surface area contributed by atoms with Gasteiger partial charge in [-0.25, -0.2) is 0 Å². The van der Waals surface area contributed by atoms with E-state index in [0.29, 0.717) is 6.07 Å². The fraction of sp³-hybridized carbons (Fsp3) is 0.250. The fourth-order valence-electron chi connectivity index (χ4n) is 0.988. The molecule has 78 valence electrons. The molecule has 2 nitrogen and oxygen atoms in total. The molecule has 6 heteroatoms. The van der Waals surface area contributed by atoms with E-state index in [1.165, 1.54) is 0 Å². The lowest BCUT2D eigenvalue weighted by Crippen LogP contribution is -2.06. The summed E-state index contributed by atoms with van der Waals surface area (Å²) in [5.41, 5.74) is 4.60. The summed E-state index contributed by atoms with van der Waals surface area (Å²) in [4.78, 5) is 0. The highest BCUT2D eigenvalue weighted by molar-refractivity contribution is 9.10. The number of hydrogen-bond donors (Lipinski definition) is 2. The van der Waals surface area contributed by atoms with Gasteiger partial charge < -0.3 is 10.8 Å². The van der Waals surface area contributed by atoms with Crippen LogP contribution >= 0.6 is 15.9 Å². The lowest BCUT2D eigenvalue weighted by atomic mass is 10.1. The quantitative estimate of drug-likeness (QED) is 0.824. The van der Waals surface area contributed by atoms with Crippen LogP contribution in [0.3, 0.4) is 0 Å². The number of aromatic hydroxyl groups is 1. The van der Waals surface area contributed by atoms with Crippen LogP contribution in [-0.4, -0.2) is 5.11 Å². The van der Waals surface area contributed by atoms with E-state index < -0.39 is 17.5 Å². The van der Waals surface area contributed by atoms with Crippen LogP contribution in [0.1, 0.15) is 11.1 Å². The summed E-state index contributed by atoms with van der Waals surface area (Å²) in [6, 6.07) is 1.55. The Kier molecular flexibility index (Phi) is 3.06. The molecule has 0 bridgehead atoms. The number of rotatable bonds is 1. The maximum Gasteiger partial charge on any atom is 0.416 e. The van der Waals surface area contributed by atoms with Gasteiger partial charge in [0.1, 0.15) is 5.75 Å². The third kappa shape index (κ3) is 2.19. The van der Waals surface area contributed by atoms with Crippen molar-refractivity contribution < 1.29 is 18.3 Å². The highest BCUT2D eigenvalue weighted by Crippen LogP contribution is 2.36. The van der Waals surface area contributed by atoms with Crippen LogP contribution < -0.4 is 5.73 Å². The molecule has 0 unspecified atom stereocenters. The van der Waals surface area contributed by atoms with Crippen molar-refractivity contribution >= 4 is 15.9 Å². The lowest BCUT2D eigenvalue weighted by Gasteiger charge is -2.10. The van der Waals surface area contributed by atoms with E-state index in [0.717, 1.165) is 6.07 Å². The predicted octanol–water partition coefficient (Wildman–Crippen LogP) is 2.63. The number of alkyl halides is 3. The molecule has 1 aromatic rings. The molecule has 0 amide bonds. The van der Waals surface area contributed by atoms with Crippen molar-refractivity contribution in [1.29, 1.82) is 0 Å². The van der Waals surface area contributed by atoms with Crippen molar-refractivity contribution in [3.8, 4) is 5.75 Å². The van der Waals surface area contributed by atoms with Crippen molar-refractivity contribution in [3.05, 3.63) is 27.7 Å². The van der Waals surface area contributed by atoms with Gasteiger partial charge >= 0.3 is 6.18 Å². The molecule has 3 N–H and O–H groups in total. The molecule has 0 aromatic heterocycles. The summed E-state index contributed by atoms with van der Waals surface area (Å²) >= 11 is 2.91. The second-order valence-corrected chi connectivity index (χ2v) is 3.51. The van der Waals surface area contributed by atoms with Crippen LogP contribution in [-0.2, 0) is 12.7 Å². The van der Waals surface area contributed by atoms with Crippen LogP contribution in [0.4, 0.5) is 13.2 Å². The predicted molar refractivity (Wildman–Crippen MR) is 48.7 cm³/mol. The minimum atomic E-state index is -4.47. The topological polar surface area (TPSA) is 46.2 Å². The second kappa shape index (κ2) is 3.78. The Bertz CT molecular complexity index is 328. The first-order chi connectivity index (χ1) is 6.36. The molecule has 0 saturated heterocycles. The number of nitrogens with two attached hydrogens (primary N) is 1. The molecule has 0 aliphatic rings. The Labute approximate surface area is 86.7 Å².